The third-order valence-corrected chi connectivity index (χ3v) is 4.14. The molecule has 1 N–H and O–H groups in total. The first-order valence-corrected chi connectivity index (χ1v) is 7.24. The molecule has 1 aliphatic carbocycles. The Morgan fingerprint density at radius 2 is 2.00 bits per heavy atom. The van der Waals surface area contributed by atoms with Crippen LogP contribution in [0.3, 0.4) is 0 Å². The van der Waals surface area contributed by atoms with Crippen molar-refractivity contribution in [3.05, 3.63) is 47.3 Å². The van der Waals surface area contributed by atoms with Crippen LogP contribution in [0.1, 0.15) is 43.4 Å². The lowest BCUT2D eigenvalue weighted by atomic mass is 9.93. The van der Waals surface area contributed by atoms with Crippen LogP contribution < -0.4 is 5.32 Å². The lowest BCUT2D eigenvalue weighted by Crippen LogP contribution is -2.21. The first kappa shape index (κ1) is 12.6. The highest BCUT2D eigenvalue weighted by atomic mass is 19.1. The summed E-state index contributed by atoms with van der Waals surface area (Å²) in [5.74, 6) is -0.0841. The van der Waals surface area contributed by atoms with E-state index in [1.54, 1.807) is 6.07 Å². The fourth-order valence-corrected chi connectivity index (χ4v) is 3.27. The van der Waals surface area contributed by atoms with Crippen LogP contribution >= 0.6 is 0 Å². The summed E-state index contributed by atoms with van der Waals surface area (Å²) < 4.78 is 14.3. The molecule has 0 saturated carbocycles. The maximum atomic E-state index is 14.3. The van der Waals surface area contributed by atoms with E-state index in [0.717, 1.165) is 30.2 Å². The van der Waals surface area contributed by atoms with Gasteiger partial charge in [0, 0.05) is 11.4 Å². The Hall–Kier alpha value is -1.41. The van der Waals surface area contributed by atoms with Gasteiger partial charge in [-0.25, -0.2) is 4.39 Å². The zero-order valence-electron chi connectivity index (χ0n) is 11.4. The van der Waals surface area contributed by atoms with Crippen LogP contribution in [0.25, 0.3) is 10.8 Å². The number of halogens is 1. The summed E-state index contributed by atoms with van der Waals surface area (Å²) in [4.78, 5) is 0. The number of fused-ring (bicyclic) bond motifs is 3. The maximum Gasteiger partial charge on any atom is 0.131 e. The lowest BCUT2D eigenvalue weighted by molar-refractivity contribution is 0.501. The van der Waals surface area contributed by atoms with Gasteiger partial charge in [0.1, 0.15) is 5.82 Å². The van der Waals surface area contributed by atoms with Crippen LogP contribution in [0.5, 0.6) is 0 Å². The molecule has 0 fully saturated rings. The Morgan fingerprint density at radius 3 is 2.79 bits per heavy atom. The second-order valence-electron chi connectivity index (χ2n) is 5.33. The molecule has 0 spiro atoms. The van der Waals surface area contributed by atoms with E-state index in [-0.39, 0.29) is 5.82 Å². The largest absolute Gasteiger partial charge is 0.310 e. The third-order valence-electron chi connectivity index (χ3n) is 4.14. The molecule has 0 amide bonds. The molecule has 2 aromatic rings. The number of benzene rings is 2. The Balaban J connectivity index is 2.22. The predicted molar refractivity (Wildman–Crippen MR) is 77.9 cm³/mol. The Morgan fingerprint density at radius 1 is 1.21 bits per heavy atom. The van der Waals surface area contributed by atoms with Gasteiger partial charge in [0.25, 0.3) is 0 Å². The van der Waals surface area contributed by atoms with E-state index >= 15 is 0 Å². The number of nitrogens with one attached hydrogen (secondary N) is 1. The van der Waals surface area contributed by atoms with E-state index in [1.165, 1.54) is 24.0 Å². The van der Waals surface area contributed by atoms with E-state index in [9.17, 15) is 4.39 Å². The molecule has 0 radical (unpaired) electrons. The second-order valence-corrected chi connectivity index (χ2v) is 5.33. The van der Waals surface area contributed by atoms with Crippen molar-refractivity contribution in [2.24, 2.45) is 0 Å². The van der Waals surface area contributed by atoms with Gasteiger partial charge in [0.05, 0.1) is 0 Å². The van der Waals surface area contributed by atoms with Crippen LogP contribution in [0.4, 0.5) is 4.39 Å². The van der Waals surface area contributed by atoms with E-state index in [0.29, 0.717) is 6.04 Å². The minimum atomic E-state index is -0.0841. The number of hydrogen-bond acceptors (Lipinski definition) is 1. The van der Waals surface area contributed by atoms with Gasteiger partial charge >= 0.3 is 0 Å². The molecule has 2 heteroatoms. The Bertz CT molecular complexity index is 591. The number of rotatable bonds is 2. The molecule has 1 nitrogen and oxygen atoms in total. The van der Waals surface area contributed by atoms with Crippen LogP contribution in [0, 0.1) is 5.82 Å². The summed E-state index contributed by atoms with van der Waals surface area (Å²) in [7, 11) is 0. The smallest absolute Gasteiger partial charge is 0.131 e. The summed E-state index contributed by atoms with van der Waals surface area (Å²) in [5.41, 5.74) is 2.52. The van der Waals surface area contributed by atoms with Crippen molar-refractivity contribution in [1.29, 1.82) is 0 Å². The van der Waals surface area contributed by atoms with Crippen molar-refractivity contribution >= 4 is 10.8 Å². The molecule has 2 aromatic carbocycles. The SMILES string of the molecule is CCNC1CCCCc2c1cc(F)c1ccccc21. The highest BCUT2D eigenvalue weighted by Gasteiger charge is 2.21. The molecule has 0 aromatic heterocycles. The van der Waals surface area contributed by atoms with Crippen LogP contribution in [0.15, 0.2) is 30.3 Å². The quantitative estimate of drug-likeness (QED) is 0.788. The highest BCUT2D eigenvalue weighted by Crippen LogP contribution is 2.34. The molecule has 3 rings (SSSR count). The standard InChI is InChI=1S/C17H20FN/c1-2-19-17-10-6-5-8-13-12-7-3-4-9-14(12)16(18)11-15(13)17/h3-4,7,9,11,17,19H,2,5-6,8,10H2,1H3. The molecule has 1 atom stereocenters. The first-order chi connectivity index (χ1) is 9.31. The average molecular weight is 257 g/mol. The van der Waals surface area contributed by atoms with Gasteiger partial charge < -0.3 is 5.32 Å². The van der Waals surface area contributed by atoms with Crippen LogP contribution in [-0.2, 0) is 6.42 Å². The molecule has 1 aliphatic rings. The molecule has 0 saturated heterocycles. The topological polar surface area (TPSA) is 12.0 Å². The molecule has 0 heterocycles. The third kappa shape index (κ3) is 2.25. The molecular formula is C17H20FN. The summed E-state index contributed by atoms with van der Waals surface area (Å²) in [6.45, 7) is 3.04. The summed E-state index contributed by atoms with van der Waals surface area (Å²) in [6, 6.07) is 9.94. The monoisotopic (exact) mass is 257 g/mol. The van der Waals surface area contributed by atoms with Crippen molar-refractivity contribution in [1.82, 2.24) is 5.32 Å². The average Bonchev–Trinajstić information content (AvgIpc) is 2.63. The molecule has 100 valence electrons. The van der Waals surface area contributed by atoms with Gasteiger partial charge in [-0.1, -0.05) is 37.6 Å². The van der Waals surface area contributed by atoms with E-state index < -0.39 is 0 Å². The highest BCUT2D eigenvalue weighted by molar-refractivity contribution is 5.87. The van der Waals surface area contributed by atoms with Crippen molar-refractivity contribution in [2.45, 2.75) is 38.6 Å². The normalized spacial score (nSPS) is 19.2. The van der Waals surface area contributed by atoms with Crippen molar-refractivity contribution in [2.75, 3.05) is 6.54 Å². The zero-order valence-corrected chi connectivity index (χ0v) is 11.4. The van der Waals surface area contributed by atoms with Crippen molar-refractivity contribution < 1.29 is 4.39 Å². The van der Waals surface area contributed by atoms with Crippen LogP contribution in [-0.4, -0.2) is 6.54 Å². The van der Waals surface area contributed by atoms with Gasteiger partial charge in [-0.05, 0) is 48.4 Å². The first-order valence-electron chi connectivity index (χ1n) is 7.24. The summed E-state index contributed by atoms with van der Waals surface area (Å²) >= 11 is 0. The minimum absolute atomic E-state index is 0.0841. The molecule has 1 unspecified atom stereocenters. The Kier molecular flexibility index (Phi) is 3.52. The van der Waals surface area contributed by atoms with Gasteiger partial charge in [0.15, 0.2) is 0 Å². The second kappa shape index (κ2) is 5.30. The Labute approximate surface area is 113 Å². The maximum absolute atomic E-state index is 14.3. The fourth-order valence-electron chi connectivity index (χ4n) is 3.27. The van der Waals surface area contributed by atoms with Crippen LogP contribution in [0.2, 0.25) is 0 Å². The molecule has 19 heavy (non-hydrogen) atoms. The molecule has 0 aliphatic heterocycles. The lowest BCUT2D eigenvalue weighted by Gasteiger charge is -2.20. The van der Waals surface area contributed by atoms with Crippen molar-refractivity contribution in [3.8, 4) is 0 Å². The predicted octanol–water partition coefficient (Wildman–Crippen LogP) is 4.36. The van der Waals surface area contributed by atoms with E-state index in [4.69, 9.17) is 0 Å². The number of hydrogen-bond donors (Lipinski definition) is 1. The number of aryl methyl sites for hydroxylation is 1. The molecule has 0 bridgehead atoms. The van der Waals surface area contributed by atoms with Gasteiger partial charge in [-0.15, -0.1) is 0 Å². The summed E-state index contributed by atoms with van der Waals surface area (Å²) in [6.07, 6.45) is 4.59. The van der Waals surface area contributed by atoms with Crippen molar-refractivity contribution in [3.63, 3.8) is 0 Å². The van der Waals surface area contributed by atoms with E-state index in [2.05, 4.69) is 18.3 Å². The zero-order chi connectivity index (χ0) is 13.2. The molecular weight excluding hydrogens is 237 g/mol. The van der Waals surface area contributed by atoms with Gasteiger partial charge in [0.2, 0.25) is 0 Å². The van der Waals surface area contributed by atoms with Gasteiger partial charge in [-0.3, -0.25) is 0 Å². The van der Waals surface area contributed by atoms with Gasteiger partial charge in [-0.2, -0.15) is 0 Å². The minimum Gasteiger partial charge on any atom is -0.310 e. The fraction of sp³-hybridized carbons (Fsp3) is 0.412. The summed E-state index contributed by atoms with van der Waals surface area (Å²) in [5, 5.41) is 5.37. The van der Waals surface area contributed by atoms with E-state index in [1.807, 2.05) is 18.2 Å².